The summed E-state index contributed by atoms with van der Waals surface area (Å²) in [5, 5.41) is 3.17. The summed E-state index contributed by atoms with van der Waals surface area (Å²) in [5.41, 5.74) is 5.76. The van der Waals surface area contributed by atoms with Crippen molar-refractivity contribution < 1.29 is 4.79 Å². The Labute approximate surface area is 117 Å². The molecule has 0 unspecified atom stereocenters. The highest BCUT2D eigenvalue weighted by Crippen LogP contribution is 2.48. The zero-order valence-corrected chi connectivity index (χ0v) is 12.5. The lowest BCUT2D eigenvalue weighted by molar-refractivity contribution is -0.122. The number of carbonyl (C=O) groups is 1. The third-order valence-corrected chi connectivity index (χ3v) is 4.60. The molecule has 0 saturated heterocycles. The second kappa shape index (κ2) is 6.74. The molecule has 19 heavy (non-hydrogen) atoms. The van der Waals surface area contributed by atoms with Crippen molar-refractivity contribution in [1.82, 2.24) is 5.32 Å². The Morgan fingerprint density at radius 1 is 1.21 bits per heavy atom. The minimum Gasteiger partial charge on any atom is -0.356 e. The topological polar surface area (TPSA) is 55.1 Å². The second-order valence-corrected chi connectivity index (χ2v) is 7.08. The smallest absolute Gasteiger partial charge is 0.220 e. The molecule has 2 fully saturated rings. The van der Waals surface area contributed by atoms with E-state index in [2.05, 4.69) is 19.2 Å². The molecule has 0 aromatic rings. The number of rotatable bonds is 9. The Kier molecular flexibility index (Phi) is 5.26. The number of hydrogen-bond acceptors (Lipinski definition) is 2. The van der Waals surface area contributed by atoms with Crippen LogP contribution < -0.4 is 11.1 Å². The summed E-state index contributed by atoms with van der Waals surface area (Å²) in [6.07, 6.45) is 7.20. The summed E-state index contributed by atoms with van der Waals surface area (Å²) in [6.45, 7) is 5.92. The number of amides is 1. The first-order valence-electron chi connectivity index (χ1n) is 8.07. The average molecular weight is 266 g/mol. The third kappa shape index (κ3) is 5.13. The van der Waals surface area contributed by atoms with E-state index in [4.69, 9.17) is 5.73 Å². The molecule has 110 valence electrons. The number of hydrogen-bond donors (Lipinski definition) is 2. The molecule has 0 radical (unpaired) electrons. The normalized spacial score (nSPS) is 20.9. The van der Waals surface area contributed by atoms with Gasteiger partial charge in [-0.3, -0.25) is 4.79 Å². The number of carbonyl (C=O) groups excluding carboxylic acids is 1. The van der Waals surface area contributed by atoms with Gasteiger partial charge in [0.2, 0.25) is 5.91 Å². The molecule has 0 aromatic heterocycles. The van der Waals surface area contributed by atoms with Crippen molar-refractivity contribution in [2.45, 2.75) is 52.4 Å². The van der Waals surface area contributed by atoms with Crippen molar-refractivity contribution in [3.8, 4) is 0 Å². The summed E-state index contributed by atoms with van der Waals surface area (Å²) in [7, 11) is 0. The summed E-state index contributed by atoms with van der Waals surface area (Å²) < 4.78 is 0. The third-order valence-electron chi connectivity index (χ3n) is 4.60. The molecule has 2 aliphatic rings. The fourth-order valence-corrected chi connectivity index (χ4v) is 3.26. The molecule has 3 heteroatoms. The molecule has 1 amide bonds. The first-order chi connectivity index (χ1) is 9.10. The fraction of sp³-hybridized carbons (Fsp3) is 0.938. The predicted molar refractivity (Wildman–Crippen MR) is 78.6 cm³/mol. The lowest BCUT2D eigenvalue weighted by Gasteiger charge is -2.19. The van der Waals surface area contributed by atoms with Gasteiger partial charge in [-0.1, -0.05) is 13.8 Å². The zero-order chi connectivity index (χ0) is 13.8. The van der Waals surface area contributed by atoms with Gasteiger partial charge in [-0.05, 0) is 68.2 Å². The summed E-state index contributed by atoms with van der Waals surface area (Å²) in [4.78, 5) is 12.0. The standard InChI is InChI=1S/C16H30N2O/c1-11(2)7-12(9-17)8-16(19)18-10-15(13-3-4-13)14-5-6-14/h11-15H,3-10,17H2,1-2H3,(H,18,19)/t12-/m0/s1. The first kappa shape index (κ1) is 14.8. The molecular weight excluding hydrogens is 236 g/mol. The van der Waals surface area contributed by atoms with Gasteiger partial charge in [0, 0.05) is 13.0 Å². The van der Waals surface area contributed by atoms with Crippen molar-refractivity contribution in [2.24, 2.45) is 35.3 Å². The summed E-state index contributed by atoms with van der Waals surface area (Å²) in [5.74, 6) is 3.77. The molecule has 2 rings (SSSR count). The van der Waals surface area contributed by atoms with Crippen LogP contribution in [0.4, 0.5) is 0 Å². The van der Waals surface area contributed by atoms with Crippen molar-refractivity contribution in [3.63, 3.8) is 0 Å². The predicted octanol–water partition coefficient (Wildman–Crippen LogP) is 2.55. The van der Waals surface area contributed by atoms with E-state index in [-0.39, 0.29) is 5.91 Å². The van der Waals surface area contributed by atoms with Crippen molar-refractivity contribution in [1.29, 1.82) is 0 Å². The van der Waals surface area contributed by atoms with Crippen LogP contribution in [0.3, 0.4) is 0 Å². The molecule has 3 N–H and O–H groups in total. The van der Waals surface area contributed by atoms with E-state index >= 15 is 0 Å². The molecule has 2 saturated carbocycles. The minimum absolute atomic E-state index is 0.211. The Bertz CT molecular complexity index is 283. The molecular formula is C16H30N2O. The fourth-order valence-electron chi connectivity index (χ4n) is 3.26. The van der Waals surface area contributed by atoms with Crippen LogP contribution in [-0.4, -0.2) is 19.0 Å². The van der Waals surface area contributed by atoms with Crippen LogP contribution >= 0.6 is 0 Å². The van der Waals surface area contributed by atoms with Gasteiger partial charge in [-0.2, -0.15) is 0 Å². The van der Waals surface area contributed by atoms with Crippen LogP contribution in [0.1, 0.15) is 52.4 Å². The van der Waals surface area contributed by atoms with E-state index in [0.717, 1.165) is 30.7 Å². The number of nitrogens with two attached hydrogens (primary N) is 1. The highest BCUT2D eigenvalue weighted by atomic mass is 16.1. The van der Waals surface area contributed by atoms with E-state index in [0.29, 0.717) is 24.8 Å². The highest BCUT2D eigenvalue weighted by Gasteiger charge is 2.41. The lowest BCUT2D eigenvalue weighted by atomic mass is 9.93. The minimum atomic E-state index is 0.211. The van der Waals surface area contributed by atoms with Crippen molar-refractivity contribution in [2.75, 3.05) is 13.1 Å². The number of nitrogens with one attached hydrogen (secondary N) is 1. The van der Waals surface area contributed by atoms with Gasteiger partial charge in [0.1, 0.15) is 0 Å². The van der Waals surface area contributed by atoms with E-state index in [1.807, 2.05) is 0 Å². The maximum Gasteiger partial charge on any atom is 0.220 e. The van der Waals surface area contributed by atoms with Crippen LogP contribution in [0.5, 0.6) is 0 Å². The van der Waals surface area contributed by atoms with Gasteiger partial charge in [-0.15, -0.1) is 0 Å². The second-order valence-electron chi connectivity index (χ2n) is 7.08. The molecule has 0 aromatic carbocycles. The Morgan fingerprint density at radius 3 is 2.21 bits per heavy atom. The highest BCUT2D eigenvalue weighted by molar-refractivity contribution is 5.76. The van der Waals surface area contributed by atoms with Crippen LogP contribution in [0, 0.1) is 29.6 Å². The van der Waals surface area contributed by atoms with Crippen LogP contribution in [0.15, 0.2) is 0 Å². The van der Waals surface area contributed by atoms with Gasteiger partial charge in [0.15, 0.2) is 0 Å². The van der Waals surface area contributed by atoms with Crippen LogP contribution in [0.25, 0.3) is 0 Å². The zero-order valence-electron chi connectivity index (χ0n) is 12.5. The van der Waals surface area contributed by atoms with Crippen molar-refractivity contribution in [3.05, 3.63) is 0 Å². The Hall–Kier alpha value is -0.570. The van der Waals surface area contributed by atoms with Crippen LogP contribution in [-0.2, 0) is 4.79 Å². The van der Waals surface area contributed by atoms with E-state index < -0.39 is 0 Å². The van der Waals surface area contributed by atoms with Gasteiger partial charge in [0.05, 0.1) is 0 Å². The van der Waals surface area contributed by atoms with Gasteiger partial charge >= 0.3 is 0 Å². The average Bonchev–Trinajstić information content (AvgIpc) is 3.20. The van der Waals surface area contributed by atoms with Crippen LogP contribution in [0.2, 0.25) is 0 Å². The van der Waals surface area contributed by atoms with E-state index in [1.165, 1.54) is 25.7 Å². The quantitative estimate of drug-likeness (QED) is 0.674. The maximum atomic E-state index is 12.0. The molecule has 2 aliphatic carbocycles. The molecule has 0 spiro atoms. The molecule has 0 heterocycles. The van der Waals surface area contributed by atoms with E-state index in [1.54, 1.807) is 0 Å². The van der Waals surface area contributed by atoms with Gasteiger partial charge in [-0.25, -0.2) is 0 Å². The SMILES string of the molecule is CC(C)C[C@H](CN)CC(=O)NCC(C1CC1)C1CC1. The maximum absolute atomic E-state index is 12.0. The lowest BCUT2D eigenvalue weighted by Crippen LogP contribution is -2.33. The Balaban J connectivity index is 1.67. The first-order valence-corrected chi connectivity index (χ1v) is 8.07. The van der Waals surface area contributed by atoms with Gasteiger partial charge < -0.3 is 11.1 Å². The monoisotopic (exact) mass is 266 g/mol. The molecule has 0 aliphatic heterocycles. The largest absolute Gasteiger partial charge is 0.356 e. The summed E-state index contributed by atoms with van der Waals surface area (Å²) >= 11 is 0. The summed E-state index contributed by atoms with van der Waals surface area (Å²) in [6, 6.07) is 0. The molecule has 0 bridgehead atoms. The van der Waals surface area contributed by atoms with E-state index in [9.17, 15) is 4.79 Å². The Morgan fingerprint density at radius 2 is 1.79 bits per heavy atom. The van der Waals surface area contributed by atoms with Gasteiger partial charge in [0.25, 0.3) is 0 Å². The molecule has 1 atom stereocenters. The molecule has 3 nitrogen and oxygen atoms in total. The van der Waals surface area contributed by atoms with Crippen molar-refractivity contribution >= 4 is 5.91 Å².